The molecule has 20 heavy (non-hydrogen) atoms. The number of ketones is 1. The molecule has 0 aromatic rings. The van der Waals surface area contributed by atoms with Crippen LogP contribution in [0.1, 0.15) is 39.0 Å². The van der Waals surface area contributed by atoms with Crippen molar-refractivity contribution < 1.29 is 39.6 Å². The first kappa shape index (κ1) is 18.0. The maximum absolute atomic E-state index is 11.8. The molecule has 0 rings (SSSR count). The van der Waals surface area contributed by atoms with Crippen molar-refractivity contribution in [1.82, 2.24) is 0 Å². The summed E-state index contributed by atoms with van der Waals surface area (Å²) in [6, 6.07) is 0. The van der Waals surface area contributed by atoms with E-state index in [0.29, 0.717) is 12.8 Å². The van der Waals surface area contributed by atoms with E-state index in [1.54, 1.807) is 0 Å². The molecule has 0 radical (unpaired) electrons. The van der Waals surface area contributed by atoms with E-state index in [1.807, 2.05) is 6.92 Å². The molecule has 2 unspecified atom stereocenters. The summed E-state index contributed by atoms with van der Waals surface area (Å²) in [7, 11) is 0. The van der Waals surface area contributed by atoms with Crippen LogP contribution in [0.5, 0.6) is 0 Å². The third-order valence-electron chi connectivity index (χ3n) is 2.86. The number of carbonyl (C=O) groups excluding carboxylic acids is 1. The molecular formula is C12H18O8. The van der Waals surface area contributed by atoms with Crippen molar-refractivity contribution in [3.05, 3.63) is 0 Å². The third-order valence-corrected chi connectivity index (χ3v) is 2.86. The summed E-state index contributed by atoms with van der Waals surface area (Å²) < 4.78 is 0. The van der Waals surface area contributed by atoms with E-state index in [4.69, 9.17) is 15.3 Å². The second-order valence-electron chi connectivity index (χ2n) is 4.49. The molecule has 0 saturated heterocycles. The molecule has 0 aromatic heterocycles. The lowest BCUT2D eigenvalue weighted by Crippen LogP contribution is -2.53. The Hall–Kier alpha value is -1.96. The molecule has 8 heteroatoms. The summed E-state index contributed by atoms with van der Waals surface area (Å²) >= 11 is 0. The van der Waals surface area contributed by atoms with Gasteiger partial charge in [0.25, 0.3) is 0 Å². The van der Waals surface area contributed by atoms with Crippen LogP contribution in [0.3, 0.4) is 0 Å². The number of Topliss-reactive ketones (excluding diaryl/α,β-unsaturated/α-hetero) is 1. The lowest BCUT2D eigenvalue weighted by atomic mass is 9.80. The normalized spacial score (nSPS) is 15.1. The summed E-state index contributed by atoms with van der Waals surface area (Å²) in [5.41, 5.74) is -3.15. The molecule has 114 valence electrons. The molecular weight excluding hydrogens is 272 g/mol. The quantitative estimate of drug-likeness (QED) is 0.327. The summed E-state index contributed by atoms with van der Waals surface area (Å²) in [5, 5.41) is 36.3. The second kappa shape index (κ2) is 7.59. The molecule has 0 aliphatic carbocycles. The lowest BCUT2D eigenvalue weighted by Gasteiger charge is -2.27. The zero-order chi connectivity index (χ0) is 15.9. The van der Waals surface area contributed by atoms with Gasteiger partial charge in [-0.1, -0.05) is 19.8 Å². The Kier molecular flexibility index (Phi) is 6.84. The van der Waals surface area contributed by atoms with Gasteiger partial charge in [-0.15, -0.1) is 0 Å². The van der Waals surface area contributed by atoms with Gasteiger partial charge < -0.3 is 20.4 Å². The zero-order valence-corrected chi connectivity index (χ0v) is 11.0. The molecule has 0 spiro atoms. The largest absolute Gasteiger partial charge is 0.481 e. The smallest absolute Gasteiger partial charge is 0.337 e. The van der Waals surface area contributed by atoms with Gasteiger partial charge in [-0.2, -0.15) is 0 Å². The monoisotopic (exact) mass is 290 g/mol. The first-order chi connectivity index (χ1) is 9.16. The Balaban J connectivity index is 5.29. The highest BCUT2D eigenvalue weighted by Crippen LogP contribution is 2.26. The minimum atomic E-state index is -3.15. The van der Waals surface area contributed by atoms with Crippen molar-refractivity contribution in [3.8, 4) is 0 Å². The van der Waals surface area contributed by atoms with Gasteiger partial charge in [0.1, 0.15) is 0 Å². The summed E-state index contributed by atoms with van der Waals surface area (Å²) in [6.45, 7) is 1.86. The maximum Gasteiger partial charge on any atom is 0.337 e. The molecule has 2 atom stereocenters. The number of hydrogen-bond donors (Lipinski definition) is 4. The van der Waals surface area contributed by atoms with Crippen LogP contribution in [0.15, 0.2) is 0 Å². The van der Waals surface area contributed by atoms with Crippen LogP contribution in [0.25, 0.3) is 0 Å². The Morgan fingerprint density at radius 2 is 1.60 bits per heavy atom. The number of hydrogen-bond acceptors (Lipinski definition) is 5. The number of carbonyl (C=O) groups is 4. The molecule has 0 saturated carbocycles. The van der Waals surface area contributed by atoms with Crippen LogP contribution in [0.2, 0.25) is 0 Å². The minimum Gasteiger partial charge on any atom is -0.481 e. The first-order valence-electron chi connectivity index (χ1n) is 6.09. The van der Waals surface area contributed by atoms with Crippen molar-refractivity contribution in [3.63, 3.8) is 0 Å². The van der Waals surface area contributed by atoms with Crippen LogP contribution >= 0.6 is 0 Å². The first-order valence-corrected chi connectivity index (χ1v) is 6.09. The molecule has 0 heterocycles. The van der Waals surface area contributed by atoms with Crippen LogP contribution in [-0.4, -0.2) is 49.7 Å². The minimum absolute atomic E-state index is 0.222. The van der Waals surface area contributed by atoms with E-state index in [9.17, 15) is 24.3 Å². The van der Waals surface area contributed by atoms with E-state index < -0.39 is 41.6 Å². The van der Waals surface area contributed by atoms with Gasteiger partial charge in [-0.25, -0.2) is 4.79 Å². The molecule has 0 aromatic carbocycles. The average molecular weight is 290 g/mol. The predicted octanol–water partition coefficient (Wildman–Crippen LogP) is 0.127. The van der Waals surface area contributed by atoms with Gasteiger partial charge in [-0.05, 0) is 6.42 Å². The van der Waals surface area contributed by atoms with Gasteiger partial charge in [-0.3, -0.25) is 14.4 Å². The van der Waals surface area contributed by atoms with Gasteiger partial charge in [0.2, 0.25) is 0 Å². The SMILES string of the molecule is CCCCCC(=O)C(C(=O)O)C(O)(CC(=O)O)C(=O)O. The second-order valence-corrected chi connectivity index (χ2v) is 4.49. The maximum atomic E-state index is 11.8. The van der Waals surface area contributed by atoms with Crippen molar-refractivity contribution in [2.75, 3.05) is 0 Å². The van der Waals surface area contributed by atoms with Gasteiger partial charge in [0.15, 0.2) is 17.3 Å². The molecule has 0 bridgehead atoms. The van der Waals surface area contributed by atoms with Gasteiger partial charge in [0.05, 0.1) is 6.42 Å². The Labute approximate surface area is 115 Å². The highest BCUT2D eigenvalue weighted by Gasteiger charge is 2.53. The standard InChI is InChI=1S/C12H18O8/c1-2-3-4-5-7(13)9(10(16)17)12(20,11(18)19)6-8(14)15/h9,20H,2-6H2,1H3,(H,14,15)(H,16,17)(H,18,19). The van der Waals surface area contributed by atoms with E-state index in [-0.39, 0.29) is 6.42 Å². The van der Waals surface area contributed by atoms with Crippen molar-refractivity contribution in [2.45, 2.75) is 44.6 Å². The summed E-state index contributed by atoms with van der Waals surface area (Å²) in [5.74, 6) is -8.89. The molecule has 8 nitrogen and oxygen atoms in total. The van der Waals surface area contributed by atoms with Crippen LogP contribution in [-0.2, 0) is 19.2 Å². The number of unbranched alkanes of at least 4 members (excludes halogenated alkanes) is 2. The van der Waals surface area contributed by atoms with Crippen LogP contribution < -0.4 is 0 Å². The van der Waals surface area contributed by atoms with Gasteiger partial charge in [0, 0.05) is 6.42 Å². The number of rotatable bonds is 10. The summed E-state index contributed by atoms with van der Waals surface area (Å²) in [4.78, 5) is 44.5. The summed E-state index contributed by atoms with van der Waals surface area (Å²) in [6.07, 6.45) is 0.173. The van der Waals surface area contributed by atoms with Crippen molar-refractivity contribution in [1.29, 1.82) is 0 Å². The topological polar surface area (TPSA) is 149 Å². The number of carboxylic acids is 3. The van der Waals surface area contributed by atoms with E-state index >= 15 is 0 Å². The third kappa shape index (κ3) is 4.61. The highest BCUT2D eigenvalue weighted by atomic mass is 16.4. The van der Waals surface area contributed by atoms with E-state index in [1.165, 1.54) is 0 Å². The molecule has 0 aliphatic rings. The molecule has 0 fully saturated rings. The highest BCUT2D eigenvalue weighted by molar-refractivity contribution is 6.05. The Bertz CT molecular complexity index is 402. The Morgan fingerprint density at radius 1 is 1.05 bits per heavy atom. The van der Waals surface area contributed by atoms with Crippen molar-refractivity contribution >= 4 is 23.7 Å². The fourth-order valence-electron chi connectivity index (χ4n) is 1.83. The van der Waals surface area contributed by atoms with Crippen molar-refractivity contribution in [2.24, 2.45) is 5.92 Å². The average Bonchev–Trinajstić information content (AvgIpc) is 2.27. The van der Waals surface area contributed by atoms with E-state index in [0.717, 1.165) is 6.42 Å². The molecule has 4 N–H and O–H groups in total. The van der Waals surface area contributed by atoms with Crippen LogP contribution in [0.4, 0.5) is 0 Å². The number of carboxylic acid groups (broad SMARTS) is 3. The van der Waals surface area contributed by atoms with Gasteiger partial charge >= 0.3 is 17.9 Å². The molecule has 0 amide bonds. The Morgan fingerprint density at radius 3 is 1.95 bits per heavy atom. The number of aliphatic carboxylic acids is 3. The zero-order valence-electron chi connectivity index (χ0n) is 11.0. The predicted molar refractivity (Wildman–Crippen MR) is 65.1 cm³/mol. The molecule has 0 aliphatic heterocycles. The fourth-order valence-corrected chi connectivity index (χ4v) is 1.83. The van der Waals surface area contributed by atoms with Crippen LogP contribution in [0, 0.1) is 5.92 Å². The number of aliphatic hydroxyl groups is 1. The fraction of sp³-hybridized carbons (Fsp3) is 0.667. The van der Waals surface area contributed by atoms with E-state index in [2.05, 4.69) is 0 Å². The lowest BCUT2D eigenvalue weighted by molar-refractivity contribution is -0.181.